The zero-order valence-corrected chi connectivity index (χ0v) is 13.9. The highest BCUT2D eigenvalue weighted by Crippen LogP contribution is 2.31. The van der Waals surface area contributed by atoms with E-state index < -0.39 is 5.54 Å². The molecule has 1 aromatic heterocycles. The van der Waals surface area contributed by atoms with Crippen LogP contribution in [0.2, 0.25) is 0 Å². The standard InChI is InChI=1S/C19H23N3O/c1-4-22-16-8-6-5-7-14(16)15-11-13(9-10-17(15)22)21-18(23)12-19(2,3)20/h5-11H,4,12,20H2,1-3H3,(H,21,23). The van der Waals surface area contributed by atoms with E-state index in [1.165, 1.54) is 16.4 Å². The molecule has 3 aromatic rings. The number of carbonyl (C=O) groups excluding carboxylic acids is 1. The number of nitrogens with zero attached hydrogens (tertiary/aromatic N) is 1. The molecule has 4 nitrogen and oxygen atoms in total. The van der Waals surface area contributed by atoms with E-state index in [2.05, 4.69) is 41.1 Å². The summed E-state index contributed by atoms with van der Waals surface area (Å²) in [5.74, 6) is -0.0592. The molecular weight excluding hydrogens is 286 g/mol. The number of benzene rings is 2. The van der Waals surface area contributed by atoms with Crippen molar-refractivity contribution in [2.24, 2.45) is 5.73 Å². The molecular formula is C19H23N3O. The topological polar surface area (TPSA) is 60.0 Å². The number of nitrogens with one attached hydrogen (secondary N) is 1. The van der Waals surface area contributed by atoms with Gasteiger partial charge in [-0.25, -0.2) is 0 Å². The van der Waals surface area contributed by atoms with Crippen LogP contribution < -0.4 is 11.1 Å². The fourth-order valence-corrected chi connectivity index (χ4v) is 3.09. The number of hydrogen-bond acceptors (Lipinski definition) is 2. The van der Waals surface area contributed by atoms with Gasteiger partial charge in [0.15, 0.2) is 0 Å². The molecule has 3 N–H and O–H groups in total. The molecule has 1 heterocycles. The first-order valence-electron chi connectivity index (χ1n) is 7.99. The highest BCUT2D eigenvalue weighted by atomic mass is 16.1. The van der Waals surface area contributed by atoms with Crippen LogP contribution >= 0.6 is 0 Å². The van der Waals surface area contributed by atoms with E-state index in [9.17, 15) is 4.79 Å². The molecule has 0 unspecified atom stereocenters. The number of fused-ring (bicyclic) bond motifs is 3. The molecule has 0 bridgehead atoms. The lowest BCUT2D eigenvalue weighted by atomic mass is 10.0. The van der Waals surface area contributed by atoms with Crippen molar-refractivity contribution in [2.75, 3.05) is 5.32 Å². The molecule has 0 spiro atoms. The summed E-state index contributed by atoms with van der Waals surface area (Å²) >= 11 is 0. The van der Waals surface area contributed by atoms with Crippen molar-refractivity contribution in [3.05, 3.63) is 42.5 Å². The van der Waals surface area contributed by atoms with Gasteiger partial charge < -0.3 is 15.6 Å². The van der Waals surface area contributed by atoms with E-state index in [-0.39, 0.29) is 5.91 Å². The molecule has 3 rings (SSSR count). The first kappa shape index (κ1) is 15.6. The Morgan fingerprint density at radius 1 is 1.13 bits per heavy atom. The normalized spacial score (nSPS) is 12.0. The van der Waals surface area contributed by atoms with Gasteiger partial charge in [0, 0.05) is 46.0 Å². The van der Waals surface area contributed by atoms with Crippen LogP contribution in [0.4, 0.5) is 5.69 Å². The smallest absolute Gasteiger partial charge is 0.226 e. The number of rotatable bonds is 4. The molecule has 4 heteroatoms. The summed E-state index contributed by atoms with van der Waals surface area (Å²) < 4.78 is 2.29. The van der Waals surface area contributed by atoms with Crippen LogP contribution in [-0.2, 0) is 11.3 Å². The predicted molar refractivity (Wildman–Crippen MR) is 96.6 cm³/mol. The van der Waals surface area contributed by atoms with Crippen LogP contribution in [0.1, 0.15) is 27.2 Å². The number of para-hydroxylation sites is 1. The van der Waals surface area contributed by atoms with Gasteiger partial charge in [-0.05, 0) is 45.0 Å². The van der Waals surface area contributed by atoms with Gasteiger partial charge in [-0.15, -0.1) is 0 Å². The molecule has 120 valence electrons. The molecule has 0 saturated heterocycles. The Bertz CT molecular complexity index is 871. The summed E-state index contributed by atoms with van der Waals surface area (Å²) in [5.41, 5.74) is 8.62. The minimum Gasteiger partial charge on any atom is -0.341 e. The van der Waals surface area contributed by atoms with E-state index >= 15 is 0 Å². The number of aryl methyl sites for hydroxylation is 1. The van der Waals surface area contributed by atoms with Crippen molar-refractivity contribution < 1.29 is 4.79 Å². The highest BCUT2D eigenvalue weighted by Gasteiger charge is 2.17. The van der Waals surface area contributed by atoms with Crippen LogP contribution in [0.5, 0.6) is 0 Å². The molecule has 0 aliphatic rings. The zero-order valence-electron chi connectivity index (χ0n) is 13.9. The predicted octanol–water partition coefficient (Wildman–Crippen LogP) is 3.88. The van der Waals surface area contributed by atoms with Gasteiger partial charge in [-0.1, -0.05) is 18.2 Å². The molecule has 0 aliphatic heterocycles. The fourth-order valence-electron chi connectivity index (χ4n) is 3.09. The number of nitrogens with two attached hydrogens (primary N) is 1. The summed E-state index contributed by atoms with van der Waals surface area (Å²) in [6, 6.07) is 14.4. The van der Waals surface area contributed by atoms with Gasteiger partial charge in [0.2, 0.25) is 5.91 Å². The summed E-state index contributed by atoms with van der Waals surface area (Å²) in [6.07, 6.45) is 0.293. The fraction of sp³-hybridized carbons (Fsp3) is 0.316. The average Bonchev–Trinajstić information content (AvgIpc) is 2.78. The molecule has 23 heavy (non-hydrogen) atoms. The Kier molecular flexibility index (Phi) is 3.86. The Hall–Kier alpha value is -2.33. The first-order valence-corrected chi connectivity index (χ1v) is 7.99. The van der Waals surface area contributed by atoms with Gasteiger partial charge in [-0.2, -0.15) is 0 Å². The maximum Gasteiger partial charge on any atom is 0.226 e. The maximum atomic E-state index is 12.1. The average molecular weight is 309 g/mol. The number of anilines is 1. The Balaban J connectivity index is 2.02. The number of carbonyl (C=O) groups is 1. The van der Waals surface area contributed by atoms with Gasteiger partial charge in [-0.3, -0.25) is 4.79 Å². The number of amides is 1. The van der Waals surface area contributed by atoms with Crippen molar-refractivity contribution in [3.8, 4) is 0 Å². The van der Waals surface area contributed by atoms with Crippen molar-refractivity contribution in [3.63, 3.8) is 0 Å². The third-order valence-electron chi connectivity index (χ3n) is 3.99. The van der Waals surface area contributed by atoms with Gasteiger partial charge in [0.05, 0.1) is 0 Å². The lowest BCUT2D eigenvalue weighted by molar-refractivity contribution is -0.117. The second-order valence-corrected chi connectivity index (χ2v) is 6.71. The molecule has 1 amide bonds. The van der Waals surface area contributed by atoms with E-state index in [0.29, 0.717) is 6.42 Å². The lowest BCUT2D eigenvalue weighted by Crippen LogP contribution is -2.36. The van der Waals surface area contributed by atoms with Crippen LogP contribution in [0, 0.1) is 0 Å². The van der Waals surface area contributed by atoms with Crippen molar-refractivity contribution in [2.45, 2.75) is 39.3 Å². The minimum absolute atomic E-state index is 0.0592. The van der Waals surface area contributed by atoms with Crippen LogP contribution in [-0.4, -0.2) is 16.0 Å². The quantitative estimate of drug-likeness (QED) is 0.768. The zero-order chi connectivity index (χ0) is 16.6. The Morgan fingerprint density at radius 3 is 2.52 bits per heavy atom. The second-order valence-electron chi connectivity index (χ2n) is 6.71. The summed E-state index contributed by atoms with van der Waals surface area (Å²) in [6.45, 7) is 6.76. The van der Waals surface area contributed by atoms with Gasteiger partial charge >= 0.3 is 0 Å². The molecule has 0 saturated carbocycles. The van der Waals surface area contributed by atoms with E-state index in [1.54, 1.807) is 0 Å². The Morgan fingerprint density at radius 2 is 1.83 bits per heavy atom. The van der Waals surface area contributed by atoms with Crippen LogP contribution in [0.25, 0.3) is 21.8 Å². The summed E-state index contributed by atoms with van der Waals surface area (Å²) in [4.78, 5) is 12.1. The number of hydrogen-bond donors (Lipinski definition) is 2. The van der Waals surface area contributed by atoms with Gasteiger partial charge in [0.1, 0.15) is 0 Å². The summed E-state index contributed by atoms with van der Waals surface area (Å²) in [7, 11) is 0. The van der Waals surface area contributed by atoms with E-state index in [1.807, 2.05) is 32.0 Å². The van der Waals surface area contributed by atoms with Crippen molar-refractivity contribution >= 4 is 33.4 Å². The molecule has 0 radical (unpaired) electrons. The third-order valence-corrected chi connectivity index (χ3v) is 3.99. The monoisotopic (exact) mass is 309 g/mol. The molecule has 0 aliphatic carbocycles. The molecule has 2 aromatic carbocycles. The third kappa shape index (κ3) is 3.08. The van der Waals surface area contributed by atoms with Crippen molar-refractivity contribution in [1.82, 2.24) is 4.57 Å². The maximum absolute atomic E-state index is 12.1. The van der Waals surface area contributed by atoms with Gasteiger partial charge in [0.25, 0.3) is 0 Å². The minimum atomic E-state index is -0.508. The largest absolute Gasteiger partial charge is 0.341 e. The van der Waals surface area contributed by atoms with E-state index in [0.717, 1.165) is 17.6 Å². The van der Waals surface area contributed by atoms with Crippen LogP contribution in [0.3, 0.4) is 0 Å². The van der Waals surface area contributed by atoms with E-state index in [4.69, 9.17) is 5.73 Å². The first-order chi connectivity index (χ1) is 10.9. The summed E-state index contributed by atoms with van der Waals surface area (Å²) in [5, 5.41) is 5.32. The number of aromatic nitrogens is 1. The van der Waals surface area contributed by atoms with Crippen LogP contribution in [0.15, 0.2) is 42.5 Å². The Labute approximate surface area is 136 Å². The molecule has 0 fully saturated rings. The highest BCUT2D eigenvalue weighted by molar-refractivity contribution is 6.09. The second kappa shape index (κ2) is 5.70. The SMILES string of the molecule is CCn1c2ccccc2c2cc(NC(=O)CC(C)(C)N)ccc21. The lowest BCUT2D eigenvalue weighted by Gasteiger charge is -2.17. The van der Waals surface area contributed by atoms with Crippen molar-refractivity contribution in [1.29, 1.82) is 0 Å². The molecule has 0 atom stereocenters.